The molecule has 2 N–H and O–H groups in total. The lowest BCUT2D eigenvalue weighted by molar-refractivity contribution is 0.451. The molecule has 0 rings (SSSR count). The molecule has 0 aliphatic heterocycles. The molecular weight excluding hydrogens is 186 g/mol. The van der Waals surface area contributed by atoms with Crippen LogP contribution in [0.15, 0.2) is 0 Å². The van der Waals surface area contributed by atoms with Gasteiger partial charge >= 0.3 is 0 Å². The summed E-state index contributed by atoms with van der Waals surface area (Å²) in [5, 5.41) is 0. The molecule has 13 heavy (non-hydrogen) atoms. The average molecular weight is 207 g/mol. The van der Waals surface area contributed by atoms with Crippen LogP contribution in [0.5, 0.6) is 0 Å². The SMILES string of the molecule is CCCCC(N)C(C)(C)S(C)(=O)=O. The van der Waals surface area contributed by atoms with E-state index < -0.39 is 14.6 Å². The summed E-state index contributed by atoms with van der Waals surface area (Å²) in [6.45, 7) is 5.46. The Bertz CT molecular complexity index is 244. The fourth-order valence-corrected chi connectivity index (χ4v) is 1.71. The summed E-state index contributed by atoms with van der Waals surface area (Å²) < 4.78 is 22.0. The van der Waals surface area contributed by atoms with Crippen molar-refractivity contribution in [2.24, 2.45) is 5.73 Å². The van der Waals surface area contributed by atoms with E-state index in [1.165, 1.54) is 6.26 Å². The highest BCUT2D eigenvalue weighted by atomic mass is 32.2. The lowest BCUT2D eigenvalue weighted by Gasteiger charge is -2.29. The normalized spacial score (nSPS) is 15.8. The summed E-state index contributed by atoms with van der Waals surface area (Å²) in [4.78, 5) is 0. The number of hydrogen-bond donors (Lipinski definition) is 1. The lowest BCUT2D eigenvalue weighted by atomic mass is 9.99. The maximum absolute atomic E-state index is 11.4. The van der Waals surface area contributed by atoms with Gasteiger partial charge in [-0.15, -0.1) is 0 Å². The molecule has 1 atom stereocenters. The molecule has 0 aliphatic carbocycles. The van der Waals surface area contributed by atoms with Gasteiger partial charge in [0.15, 0.2) is 9.84 Å². The number of sulfone groups is 1. The highest BCUT2D eigenvalue weighted by Crippen LogP contribution is 2.21. The van der Waals surface area contributed by atoms with Crippen molar-refractivity contribution >= 4 is 9.84 Å². The van der Waals surface area contributed by atoms with E-state index in [1.807, 2.05) is 0 Å². The topological polar surface area (TPSA) is 60.2 Å². The first kappa shape index (κ1) is 12.9. The van der Waals surface area contributed by atoms with Crippen molar-refractivity contribution in [2.75, 3.05) is 6.26 Å². The minimum Gasteiger partial charge on any atom is -0.326 e. The molecule has 0 spiro atoms. The van der Waals surface area contributed by atoms with Crippen LogP contribution in [0.25, 0.3) is 0 Å². The molecular formula is C9H21NO2S. The predicted octanol–water partition coefficient (Wildman–Crippen LogP) is 1.33. The Morgan fingerprint density at radius 3 is 2.15 bits per heavy atom. The van der Waals surface area contributed by atoms with Crippen LogP contribution >= 0.6 is 0 Å². The van der Waals surface area contributed by atoms with Gasteiger partial charge in [-0.1, -0.05) is 19.8 Å². The highest BCUT2D eigenvalue weighted by Gasteiger charge is 2.36. The van der Waals surface area contributed by atoms with E-state index in [9.17, 15) is 8.42 Å². The minimum atomic E-state index is -3.06. The zero-order valence-electron chi connectivity index (χ0n) is 9.00. The molecule has 0 aromatic heterocycles. The van der Waals surface area contributed by atoms with Crippen molar-refractivity contribution in [1.29, 1.82) is 0 Å². The first-order valence-electron chi connectivity index (χ1n) is 4.68. The molecule has 0 saturated carbocycles. The summed E-state index contributed by atoms with van der Waals surface area (Å²) in [6.07, 6.45) is 4.06. The fraction of sp³-hybridized carbons (Fsp3) is 1.00. The second-order valence-corrected chi connectivity index (χ2v) is 6.72. The molecule has 0 aromatic rings. The maximum atomic E-state index is 11.4. The second-order valence-electron chi connectivity index (χ2n) is 4.12. The van der Waals surface area contributed by atoms with Crippen LogP contribution in [-0.4, -0.2) is 25.5 Å². The Balaban J connectivity index is 4.46. The van der Waals surface area contributed by atoms with Crippen LogP contribution in [-0.2, 0) is 9.84 Å². The van der Waals surface area contributed by atoms with Gasteiger partial charge in [-0.2, -0.15) is 0 Å². The van der Waals surface area contributed by atoms with Crippen LogP contribution in [0, 0.1) is 0 Å². The van der Waals surface area contributed by atoms with Gasteiger partial charge in [0.2, 0.25) is 0 Å². The third-order valence-electron chi connectivity index (χ3n) is 2.72. The average Bonchev–Trinajstić information content (AvgIpc) is 1.97. The molecule has 0 aliphatic rings. The number of hydrogen-bond acceptors (Lipinski definition) is 3. The zero-order valence-corrected chi connectivity index (χ0v) is 9.82. The smallest absolute Gasteiger partial charge is 0.154 e. The van der Waals surface area contributed by atoms with Crippen LogP contribution in [0.3, 0.4) is 0 Å². The van der Waals surface area contributed by atoms with Gasteiger partial charge in [0, 0.05) is 12.3 Å². The number of nitrogens with two attached hydrogens (primary N) is 1. The number of unbranched alkanes of at least 4 members (excludes halogenated alkanes) is 1. The quantitative estimate of drug-likeness (QED) is 0.740. The molecule has 0 aromatic carbocycles. The molecule has 0 radical (unpaired) electrons. The van der Waals surface area contributed by atoms with Gasteiger partial charge in [0.1, 0.15) is 0 Å². The molecule has 0 saturated heterocycles. The molecule has 4 heteroatoms. The minimum absolute atomic E-state index is 0.262. The first-order valence-corrected chi connectivity index (χ1v) is 6.57. The van der Waals surface area contributed by atoms with Crippen molar-refractivity contribution < 1.29 is 8.42 Å². The Morgan fingerprint density at radius 1 is 1.38 bits per heavy atom. The van der Waals surface area contributed by atoms with Crippen molar-refractivity contribution in [1.82, 2.24) is 0 Å². The van der Waals surface area contributed by atoms with Crippen LogP contribution in [0.1, 0.15) is 40.0 Å². The van der Waals surface area contributed by atoms with E-state index in [0.717, 1.165) is 19.3 Å². The second kappa shape index (κ2) is 4.42. The summed E-state index contributed by atoms with van der Waals surface area (Å²) in [6, 6.07) is -0.262. The van der Waals surface area contributed by atoms with Gasteiger partial charge in [0.05, 0.1) is 4.75 Å². The van der Waals surface area contributed by atoms with Gasteiger partial charge < -0.3 is 5.73 Å². The Hall–Kier alpha value is -0.0900. The molecule has 0 amide bonds. The van der Waals surface area contributed by atoms with Crippen LogP contribution in [0.2, 0.25) is 0 Å². The molecule has 80 valence electrons. The Labute approximate surface area is 81.6 Å². The largest absolute Gasteiger partial charge is 0.326 e. The third-order valence-corrected chi connectivity index (χ3v) is 4.93. The van der Waals surface area contributed by atoms with Gasteiger partial charge in [-0.05, 0) is 20.3 Å². The van der Waals surface area contributed by atoms with E-state index in [0.29, 0.717) is 0 Å². The molecule has 0 fully saturated rings. The van der Waals surface area contributed by atoms with Crippen LogP contribution in [0.4, 0.5) is 0 Å². The molecule has 0 heterocycles. The Kier molecular flexibility index (Phi) is 4.39. The summed E-state index contributed by atoms with van der Waals surface area (Å²) >= 11 is 0. The molecule has 0 bridgehead atoms. The summed E-state index contributed by atoms with van der Waals surface area (Å²) in [5.41, 5.74) is 5.84. The van der Waals surface area contributed by atoms with Gasteiger partial charge in [-0.25, -0.2) is 8.42 Å². The van der Waals surface area contributed by atoms with Crippen molar-refractivity contribution in [3.8, 4) is 0 Å². The van der Waals surface area contributed by atoms with Gasteiger partial charge in [0.25, 0.3) is 0 Å². The Morgan fingerprint density at radius 2 is 1.85 bits per heavy atom. The van der Waals surface area contributed by atoms with Crippen LogP contribution < -0.4 is 5.73 Å². The van der Waals surface area contributed by atoms with E-state index in [4.69, 9.17) is 5.73 Å². The fourth-order valence-electron chi connectivity index (χ4n) is 1.05. The van der Waals surface area contributed by atoms with Gasteiger partial charge in [-0.3, -0.25) is 0 Å². The molecule has 3 nitrogen and oxygen atoms in total. The highest BCUT2D eigenvalue weighted by molar-refractivity contribution is 7.92. The predicted molar refractivity (Wildman–Crippen MR) is 56.4 cm³/mol. The lowest BCUT2D eigenvalue weighted by Crippen LogP contribution is -2.48. The van der Waals surface area contributed by atoms with Crippen molar-refractivity contribution in [3.63, 3.8) is 0 Å². The summed E-state index contributed by atoms with van der Waals surface area (Å²) in [5.74, 6) is 0. The molecule has 1 unspecified atom stereocenters. The standard InChI is InChI=1S/C9H21NO2S/c1-5-6-7-8(10)9(2,3)13(4,11)12/h8H,5-7,10H2,1-4H3. The van der Waals surface area contributed by atoms with Crippen molar-refractivity contribution in [3.05, 3.63) is 0 Å². The number of rotatable bonds is 5. The van der Waals surface area contributed by atoms with Crippen molar-refractivity contribution in [2.45, 2.75) is 50.8 Å². The zero-order chi connectivity index (χ0) is 10.7. The maximum Gasteiger partial charge on any atom is 0.154 e. The van der Waals surface area contributed by atoms with E-state index >= 15 is 0 Å². The van der Waals surface area contributed by atoms with E-state index in [-0.39, 0.29) is 6.04 Å². The first-order chi connectivity index (χ1) is 5.73. The van der Waals surface area contributed by atoms with E-state index in [2.05, 4.69) is 6.92 Å². The monoisotopic (exact) mass is 207 g/mol. The van der Waals surface area contributed by atoms with E-state index in [1.54, 1.807) is 13.8 Å². The summed E-state index contributed by atoms with van der Waals surface area (Å²) in [7, 11) is -3.06. The third kappa shape index (κ3) is 3.27.